The molecule has 0 fully saturated rings. The van der Waals surface area contributed by atoms with E-state index >= 15 is 0 Å². The Hall–Kier alpha value is -1.02. The third-order valence-electron chi connectivity index (χ3n) is 2.91. The smallest absolute Gasteiger partial charge is 0.258 e. The van der Waals surface area contributed by atoms with E-state index in [4.69, 9.17) is 69.6 Å². The minimum absolute atomic E-state index is 0.129. The number of nitrogens with zero attached hydrogens (tertiary/aromatic N) is 2. The summed E-state index contributed by atoms with van der Waals surface area (Å²) in [5, 5.41) is 20.5. The zero-order valence-corrected chi connectivity index (χ0v) is 15.5. The van der Waals surface area contributed by atoms with Gasteiger partial charge in [0.25, 0.3) is 0 Å². The van der Waals surface area contributed by atoms with Gasteiger partial charge >= 0.3 is 11.4 Å². The summed E-state index contributed by atoms with van der Waals surface area (Å²) in [7, 11) is 0. The van der Waals surface area contributed by atoms with Crippen molar-refractivity contribution in [1.29, 1.82) is 0 Å². The molecule has 24 heavy (non-hydrogen) atoms. The molecule has 2 aromatic rings. The second-order valence-corrected chi connectivity index (χ2v) is 6.65. The van der Waals surface area contributed by atoms with Gasteiger partial charge in [0.2, 0.25) is 0 Å². The Labute approximate surface area is 164 Å². The van der Waals surface area contributed by atoms with Crippen molar-refractivity contribution >= 4 is 81.0 Å². The number of hydrogen-bond donors (Lipinski definition) is 0. The van der Waals surface area contributed by atoms with E-state index in [9.17, 15) is 20.2 Å². The van der Waals surface area contributed by atoms with Crippen LogP contribution in [0, 0.1) is 20.2 Å². The van der Waals surface area contributed by atoms with E-state index in [0.717, 1.165) is 12.1 Å². The number of nitro groups is 2. The predicted octanol–water partition coefficient (Wildman–Crippen LogP) is 7.09. The molecule has 2 aromatic carbocycles. The van der Waals surface area contributed by atoms with Crippen LogP contribution in [0.4, 0.5) is 11.4 Å². The molecular formula is C12H2Cl6N2O4. The summed E-state index contributed by atoms with van der Waals surface area (Å²) in [4.78, 5) is 20.6. The van der Waals surface area contributed by atoms with E-state index < -0.39 is 31.3 Å². The highest BCUT2D eigenvalue weighted by molar-refractivity contribution is 6.48. The second-order valence-electron chi connectivity index (χ2n) is 4.27. The van der Waals surface area contributed by atoms with Gasteiger partial charge in [-0.25, -0.2) is 0 Å². The molecule has 0 saturated carbocycles. The number of rotatable bonds is 3. The maximum Gasteiger partial charge on any atom is 0.307 e. The van der Waals surface area contributed by atoms with Gasteiger partial charge in [-0.1, -0.05) is 69.6 Å². The molecule has 0 saturated heterocycles. The second kappa shape index (κ2) is 7.07. The monoisotopic (exact) mass is 448 g/mol. The maximum atomic E-state index is 11.1. The van der Waals surface area contributed by atoms with Crippen molar-refractivity contribution in [3.63, 3.8) is 0 Å². The number of benzene rings is 2. The van der Waals surface area contributed by atoms with E-state index in [2.05, 4.69) is 0 Å². The van der Waals surface area contributed by atoms with Crippen LogP contribution < -0.4 is 0 Å². The van der Waals surface area contributed by atoms with Crippen molar-refractivity contribution in [3.8, 4) is 11.1 Å². The highest BCUT2D eigenvalue weighted by Crippen LogP contribution is 2.51. The fourth-order valence-electron chi connectivity index (χ4n) is 1.95. The van der Waals surface area contributed by atoms with Gasteiger partial charge in [-0.05, 0) is 12.1 Å². The number of hydrogen-bond acceptors (Lipinski definition) is 4. The van der Waals surface area contributed by atoms with Crippen molar-refractivity contribution in [2.45, 2.75) is 0 Å². The van der Waals surface area contributed by atoms with Crippen molar-refractivity contribution in [1.82, 2.24) is 0 Å². The lowest BCUT2D eigenvalue weighted by Crippen LogP contribution is -1.97. The molecule has 0 amide bonds. The highest BCUT2D eigenvalue weighted by atomic mass is 35.5. The van der Waals surface area contributed by atoms with Crippen LogP contribution in [0.3, 0.4) is 0 Å². The first-order chi connectivity index (χ1) is 11.1. The molecule has 0 aliphatic rings. The molecule has 0 N–H and O–H groups in total. The molecule has 0 aliphatic carbocycles. The molecule has 2 rings (SSSR count). The predicted molar refractivity (Wildman–Crippen MR) is 95.2 cm³/mol. The van der Waals surface area contributed by atoms with Gasteiger partial charge in [-0.3, -0.25) is 20.2 Å². The third kappa shape index (κ3) is 3.22. The summed E-state index contributed by atoms with van der Waals surface area (Å²) in [6, 6.07) is 2.13. The minimum atomic E-state index is -0.823. The summed E-state index contributed by atoms with van der Waals surface area (Å²) in [6.45, 7) is 0. The van der Waals surface area contributed by atoms with Crippen LogP contribution in [-0.4, -0.2) is 9.85 Å². The molecule has 0 aliphatic heterocycles. The van der Waals surface area contributed by atoms with Gasteiger partial charge in [-0.2, -0.15) is 0 Å². The first-order valence-corrected chi connectivity index (χ1v) is 7.98. The molecule has 12 heteroatoms. The van der Waals surface area contributed by atoms with Crippen LogP contribution >= 0.6 is 69.6 Å². The average molecular weight is 451 g/mol. The van der Waals surface area contributed by atoms with Gasteiger partial charge in [-0.15, -0.1) is 0 Å². The molecule has 0 radical (unpaired) electrons. The summed E-state index contributed by atoms with van der Waals surface area (Å²) in [6.07, 6.45) is 0. The zero-order valence-electron chi connectivity index (χ0n) is 10.9. The van der Waals surface area contributed by atoms with E-state index in [1.54, 1.807) is 0 Å². The van der Waals surface area contributed by atoms with Gasteiger partial charge < -0.3 is 0 Å². The number of nitro benzene ring substituents is 2. The van der Waals surface area contributed by atoms with Crippen LogP contribution in [-0.2, 0) is 0 Å². The quantitative estimate of drug-likeness (QED) is 0.369. The van der Waals surface area contributed by atoms with Gasteiger partial charge in [0.05, 0.1) is 19.9 Å². The molecule has 0 unspecified atom stereocenters. The minimum Gasteiger partial charge on any atom is -0.258 e. The zero-order chi connectivity index (χ0) is 18.3. The topological polar surface area (TPSA) is 86.3 Å². The lowest BCUT2D eigenvalue weighted by atomic mass is 10.0. The lowest BCUT2D eigenvalue weighted by Gasteiger charge is -2.13. The van der Waals surface area contributed by atoms with Crippen LogP contribution in [0.2, 0.25) is 30.1 Å². The SMILES string of the molecule is O=[N+]([O-])c1c(Cl)cc(Cl)c(-c2c(Cl)cc(Cl)c([N+](=O)[O-])c2Cl)c1Cl. The Balaban J connectivity index is 2.98. The molecular weight excluding hydrogens is 449 g/mol. The fraction of sp³-hybridized carbons (Fsp3) is 0. The Bertz CT molecular complexity index is 829. The van der Waals surface area contributed by atoms with E-state index in [1.165, 1.54) is 0 Å². The summed E-state index contributed by atoms with van der Waals surface area (Å²) in [5.41, 5.74) is -1.60. The first kappa shape index (κ1) is 19.3. The third-order valence-corrected chi connectivity index (χ3v) is 4.82. The van der Waals surface area contributed by atoms with Gasteiger partial charge in [0.1, 0.15) is 20.1 Å². The average Bonchev–Trinajstić information content (AvgIpc) is 2.40. The van der Waals surface area contributed by atoms with Crippen LogP contribution in [0.15, 0.2) is 12.1 Å². The fourth-order valence-corrected chi connectivity index (χ4v) is 4.13. The Morgan fingerprint density at radius 2 is 0.917 bits per heavy atom. The maximum absolute atomic E-state index is 11.1. The normalized spacial score (nSPS) is 10.8. The van der Waals surface area contributed by atoms with E-state index in [1.807, 2.05) is 0 Å². The summed E-state index contributed by atoms with van der Waals surface area (Å²) in [5.74, 6) is 0. The van der Waals surface area contributed by atoms with Crippen LogP contribution in [0.1, 0.15) is 0 Å². The van der Waals surface area contributed by atoms with E-state index in [-0.39, 0.29) is 31.2 Å². The molecule has 0 aromatic heterocycles. The number of halogens is 6. The largest absolute Gasteiger partial charge is 0.307 e. The van der Waals surface area contributed by atoms with Crippen LogP contribution in [0.25, 0.3) is 11.1 Å². The highest BCUT2D eigenvalue weighted by Gasteiger charge is 2.31. The molecule has 6 nitrogen and oxygen atoms in total. The van der Waals surface area contributed by atoms with Crippen molar-refractivity contribution in [2.75, 3.05) is 0 Å². The molecule has 0 atom stereocenters. The Morgan fingerprint density at radius 3 is 1.17 bits per heavy atom. The Kier molecular flexibility index (Phi) is 5.69. The summed E-state index contributed by atoms with van der Waals surface area (Å²) < 4.78 is 0. The standard InChI is InChI=1S/C12H2Cl6N2O4/c13-3-1-5(15)11(19(21)22)9(17)7(3)8-4(14)2-6(16)12(10(8)18)20(23)24/h1-2H. The van der Waals surface area contributed by atoms with E-state index in [0.29, 0.717) is 0 Å². The Morgan fingerprint density at radius 1 is 0.625 bits per heavy atom. The van der Waals surface area contributed by atoms with Gasteiger partial charge in [0, 0.05) is 11.1 Å². The first-order valence-electron chi connectivity index (χ1n) is 5.72. The molecule has 126 valence electrons. The van der Waals surface area contributed by atoms with Crippen molar-refractivity contribution in [2.24, 2.45) is 0 Å². The van der Waals surface area contributed by atoms with Crippen molar-refractivity contribution in [3.05, 3.63) is 62.5 Å². The molecule has 0 spiro atoms. The summed E-state index contributed by atoms with van der Waals surface area (Å²) >= 11 is 35.7. The lowest BCUT2D eigenvalue weighted by molar-refractivity contribution is -0.384. The molecule has 0 bridgehead atoms. The van der Waals surface area contributed by atoms with Crippen molar-refractivity contribution < 1.29 is 9.85 Å². The molecule has 0 heterocycles. The van der Waals surface area contributed by atoms with Crippen LogP contribution in [0.5, 0.6) is 0 Å². The van der Waals surface area contributed by atoms with Gasteiger partial charge in [0.15, 0.2) is 0 Å².